The van der Waals surface area contributed by atoms with Gasteiger partial charge in [-0.05, 0) is 17.7 Å². The average molecular weight is 384 g/mol. The van der Waals surface area contributed by atoms with Gasteiger partial charge in [-0.15, -0.1) is 12.4 Å². The lowest BCUT2D eigenvalue weighted by molar-refractivity contribution is 0.472. The van der Waals surface area contributed by atoms with E-state index < -0.39 is 16.7 Å². The van der Waals surface area contributed by atoms with E-state index in [4.69, 9.17) is 0 Å². The van der Waals surface area contributed by atoms with E-state index in [0.717, 1.165) is 10.0 Å². The maximum absolute atomic E-state index is 12.4. The molecule has 114 valence electrons. The van der Waals surface area contributed by atoms with Gasteiger partial charge >= 0.3 is 0 Å². The van der Waals surface area contributed by atoms with Crippen molar-refractivity contribution >= 4 is 33.9 Å². The molecule has 0 saturated carbocycles. The Morgan fingerprint density at radius 1 is 1.09 bits per heavy atom. The first-order valence-corrected chi connectivity index (χ1v) is 7.03. The summed E-state index contributed by atoms with van der Waals surface area (Å²) in [6.45, 7) is 0.358. The summed E-state index contributed by atoms with van der Waals surface area (Å²) >= 11 is 3.38. The van der Waals surface area contributed by atoms with Crippen LogP contribution in [0.5, 0.6) is 5.75 Å². The largest absolute Gasteiger partial charge is 0.503 e. The zero-order valence-electron chi connectivity index (χ0n) is 11.3. The zero-order valence-corrected chi connectivity index (χ0v) is 13.7. The molecular weight excluding hydrogens is 372 g/mol. The molecule has 0 fully saturated rings. The van der Waals surface area contributed by atoms with Crippen LogP contribution in [0.2, 0.25) is 0 Å². The number of pyridine rings is 1. The smallest absolute Gasteiger partial charge is 0.279 e. The van der Waals surface area contributed by atoms with Crippen LogP contribution in [0.1, 0.15) is 5.56 Å². The Bertz CT molecular complexity index is 949. The van der Waals surface area contributed by atoms with E-state index in [9.17, 15) is 14.7 Å². The third kappa shape index (κ3) is 2.93. The van der Waals surface area contributed by atoms with Crippen molar-refractivity contribution in [3.8, 4) is 5.75 Å². The summed E-state index contributed by atoms with van der Waals surface area (Å²) in [7, 11) is 0. The zero-order chi connectivity index (χ0) is 15.0. The Labute approximate surface area is 140 Å². The Morgan fingerprint density at radius 2 is 1.86 bits per heavy atom. The van der Waals surface area contributed by atoms with Crippen LogP contribution in [-0.4, -0.2) is 14.1 Å². The third-order valence-corrected chi connectivity index (χ3v) is 3.71. The highest BCUT2D eigenvalue weighted by Crippen LogP contribution is 2.13. The second-order valence-corrected chi connectivity index (χ2v) is 5.56. The fraction of sp³-hybridized carbons (Fsp3) is 0.0667. The first-order valence-electron chi connectivity index (χ1n) is 6.24. The average Bonchev–Trinajstić information content (AvgIpc) is 2.46. The maximum atomic E-state index is 12.4. The van der Waals surface area contributed by atoms with E-state index in [1.807, 2.05) is 24.3 Å². The van der Waals surface area contributed by atoms with E-state index in [0.29, 0.717) is 6.54 Å². The number of benzene rings is 1. The van der Waals surface area contributed by atoms with Gasteiger partial charge in [-0.25, -0.2) is 0 Å². The summed E-state index contributed by atoms with van der Waals surface area (Å²) in [5.41, 5.74) is -0.0476. The number of halogens is 2. The molecule has 3 rings (SSSR count). The molecule has 0 saturated heterocycles. The summed E-state index contributed by atoms with van der Waals surface area (Å²) in [5, 5.41) is 9.82. The molecule has 0 aliphatic rings. The predicted molar refractivity (Wildman–Crippen MR) is 90.1 cm³/mol. The summed E-state index contributed by atoms with van der Waals surface area (Å²) in [6.07, 6.45) is 4.72. The van der Waals surface area contributed by atoms with E-state index in [-0.39, 0.29) is 17.9 Å². The Kier molecular flexibility index (Phi) is 4.73. The number of fused-ring (bicyclic) bond motifs is 1. The van der Waals surface area contributed by atoms with Gasteiger partial charge in [0.05, 0.1) is 6.54 Å². The van der Waals surface area contributed by atoms with E-state index in [2.05, 4.69) is 15.9 Å². The van der Waals surface area contributed by atoms with E-state index in [1.54, 1.807) is 12.4 Å². The van der Waals surface area contributed by atoms with Crippen LogP contribution in [0, 0.1) is 0 Å². The van der Waals surface area contributed by atoms with Gasteiger partial charge in [0.25, 0.3) is 5.56 Å². The molecule has 0 atom stereocenters. The van der Waals surface area contributed by atoms with Crippen LogP contribution in [0.15, 0.2) is 63.0 Å². The van der Waals surface area contributed by atoms with E-state index >= 15 is 0 Å². The standard InChI is InChI=1S/C15H11BrN2O3.ClH/c16-11-3-1-2-10(8-11)9-18-7-6-17-5-4-12(19)14(20)13(17)15(18)21;/h1-8,20H,9H2;1H. The van der Waals surface area contributed by atoms with Crippen LogP contribution in [0.4, 0.5) is 0 Å². The van der Waals surface area contributed by atoms with Crippen molar-refractivity contribution < 1.29 is 5.11 Å². The van der Waals surface area contributed by atoms with Gasteiger partial charge < -0.3 is 14.1 Å². The van der Waals surface area contributed by atoms with E-state index in [1.165, 1.54) is 21.2 Å². The molecular formula is C15H12BrClN2O3. The van der Waals surface area contributed by atoms with Crippen molar-refractivity contribution in [2.45, 2.75) is 6.54 Å². The number of nitrogens with zero attached hydrogens (tertiary/aromatic N) is 2. The van der Waals surface area contributed by atoms with Gasteiger partial charge in [-0.3, -0.25) is 9.59 Å². The molecule has 5 nitrogen and oxygen atoms in total. The minimum absolute atomic E-state index is 0. The lowest BCUT2D eigenvalue weighted by Gasteiger charge is -2.09. The lowest BCUT2D eigenvalue weighted by Crippen LogP contribution is -2.24. The Morgan fingerprint density at radius 3 is 2.59 bits per heavy atom. The molecule has 1 aromatic carbocycles. The summed E-state index contributed by atoms with van der Waals surface area (Å²) in [5.74, 6) is -0.522. The first kappa shape index (κ1) is 16.3. The molecule has 0 bridgehead atoms. The van der Waals surface area contributed by atoms with Gasteiger partial charge in [0, 0.05) is 29.1 Å². The molecule has 22 heavy (non-hydrogen) atoms. The molecule has 7 heteroatoms. The van der Waals surface area contributed by atoms with Crippen LogP contribution < -0.4 is 11.0 Å². The molecule has 2 aromatic heterocycles. The molecule has 0 aliphatic heterocycles. The van der Waals surface area contributed by atoms with Crippen molar-refractivity contribution in [3.63, 3.8) is 0 Å². The number of hydrogen-bond acceptors (Lipinski definition) is 3. The second kappa shape index (κ2) is 6.37. The number of aromatic hydroxyl groups is 1. The molecule has 3 aromatic rings. The molecule has 1 N–H and O–H groups in total. The van der Waals surface area contributed by atoms with Crippen LogP contribution in [0.3, 0.4) is 0 Å². The van der Waals surface area contributed by atoms with Gasteiger partial charge in [-0.1, -0.05) is 28.1 Å². The summed E-state index contributed by atoms with van der Waals surface area (Å²) in [4.78, 5) is 23.9. The SMILES string of the molecule is Cl.O=c1ccn2ccn(Cc3cccc(Br)c3)c(=O)c2c1O. The van der Waals surface area contributed by atoms with Crippen molar-refractivity contribution in [1.82, 2.24) is 8.97 Å². The maximum Gasteiger partial charge on any atom is 0.279 e. The van der Waals surface area contributed by atoms with Gasteiger partial charge in [0.2, 0.25) is 5.43 Å². The number of aromatic nitrogens is 2. The van der Waals surface area contributed by atoms with Crippen LogP contribution in [-0.2, 0) is 6.54 Å². The van der Waals surface area contributed by atoms with Gasteiger partial charge in [0.1, 0.15) is 0 Å². The van der Waals surface area contributed by atoms with Crippen molar-refractivity contribution in [3.05, 3.63) is 79.5 Å². The minimum atomic E-state index is -0.563. The Balaban J connectivity index is 0.00000176. The Hall–Kier alpha value is -2.05. The summed E-state index contributed by atoms with van der Waals surface area (Å²) < 4.78 is 3.82. The molecule has 0 spiro atoms. The quantitative estimate of drug-likeness (QED) is 0.739. The van der Waals surface area contributed by atoms with Crippen molar-refractivity contribution in [1.29, 1.82) is 0 Å². The second-order valence-electron chi connectivity index (χ2n) is 4.65. The number of rotatable bonds is 2. The molecule has 0 amide bonds. The fourth-order valence-electron chi connectivity index (χ4n) is 2.19. The van der Waals surface area contributed by atoms with Crippen molar-refractivity contribution in [2.24, 2.45) is 0 Å². The minimum Gasteiger partial charge on any atom is -0.503 e. The predicted octanol–water partition coefficient (Wildman–Crippen LogP) is 2.40. The molecule has 2 heterocycles. The van der Waals surface area contributed by atoms with Gasteiger partial charge in [-0.2, -0.15) is 0 Å². The first-order chi connectivity index (χ1) is 10.1. The number of hydrogen-bond donors (Lipinski definition) is 1. The van der Waals surface area contributed by atoms with Crippen molar-refractivity contribution in [2.75, 3.05) is 0 Å². The topological polar surface area (TPSA) is 63.7 Å². The molecule has 0 aliphatic carbocycles. The third-order valence-electron chi connectivity index (χ3n) is 3.22. The van der Waals surface area contributed by atoms with Gasteiger partial charge in [0.15, 0.2) is 11.3 Å². The van der Waals surface area contributed by atoms with Crippen LogP contribution >= 0.6 is 28.3 Å². The highest BCUT2D eigenvalue weighted by molar-refractivity contribution is 9.10. The normalized spacial score (nSPS) is 10.4. The monoisotopic (exact) mass is 382 g/mol. The highest BCUT2D eigenvalue weighted by Gasteiger charge is 2.10. The lowest BCUT2D eigenvalue weighted by atomic mass is 10.2. The highest BCUT2D eigenvalue weighted by atomic mass is 79.9. The summed E-state index contributed by atoms with van der Waals surface area (Å²) in [6, 6.07) is 8.82. The van der Waals surface area contributed by atoms with Crippen LogP contribution in [0.25, 0.3) is 5.52 Å². The molecule has 0 radical (unpaired) electrons. The molecule has 0 unspecified atom stereocenters. The fourth-order valence-corrected chi connectivity index (χ4v) is 2.64.